The van der Waals surface area contributed by atoms with E-state index in [1.54, 1.807) is 0 Å². The summed E-state index contributed by atoms with van der Waals surface area (Å²) in [4.78, 5) is 20.3. The highest BCUT2D eigenvalue weighted by molar-refractivity contribution is 5.89. The lowest BCUT2D eigenvalue weighted by molar-refractivity contribution is -0.137. The van der Waals surface area contributed by atoms with Gasteiger partial charge in [0.25, 0.3) is 0 Å². The SMILES string of the molecule is O=CC1=CN=N[C@H]1C(=O)O. The van der Waals surface area contributed by atoms with Gasteiger partial charge in [0.2, 0.25) is 0 Å². The zero-order chi connectivity index (χ0) is 7.56. The van der Waals surface area contributed by atoms with E-state index in [1.165, 1.54) is 0 Å². The van der Waals surface area contributed by atoms with E-state index >= 15 is 0 Å². The number of azo groups is 1. The first-order chi connectivity index (χ1) is 4.75. The molecule has 0 unspecified atom stereocenters. The second kappa shape index (κ2) is 2.38. The van der Waals surface area contributed by atoms with Crippen molar-refractivity contribution in [2.45, 2.75) is 6.04 Å². The summed E-state index contributed by atoms with van der Waals surface area (Å²) in [6.07, 6.45) is 1.59. The van der Waals surface area contributed by atoms with Gasteiger partial charge in [0.1, 0.15) is 6.29 Å². The molecule has 0 aromatic rings. The summed E-state index contributed by atoms with van der Waals surface area (Å²) in [5.41, 5.74) is 0.0903. The fraction of sp³-hybridized carbons (Fsp3) is 0.200. The Balaban J connectivity index is 2.80. The normalized spacial score (nSPS) is 22.4. The number of carbonyl (C=O) groups is 2. The number of hydrogen-bond acceptors (Lipinski definition) is 4. The number of aldehydes is 1. The third-order valence-electron chi connectivity index (χ3n) is 1.07. The lowest BCUT2D eigenvalue weighted by atomic mass is 10.1. The van der Waals surface area contributed by atoms with Crippen LogP contribution in [0.1, 0.15) is 0 Å². The van der Waals surface area contributed by atoms with E-state index in [-0.39, 0.29) is 5.57 Å². The van der Waals surface area contributed by atoms with Crippen molar-refractivity contribution in [1.29, 1.82) is 0 Å². The molecule has 0 amide bonds. The van der Waals surface area contributed by atoms with Crippen LogP contribution in [0.25, 0.3) is 0 Å². The molecule has 52 valence electrons. The number of carboxylic acid groups (broad SMARTS) is 1. The highest BCUT2D eigenvalue weighted by Crippen LogP contribution is 2.11. The zero-order valence-corrected chi connectivity index (χ0v) is 4.89. The number of carbonyl (C=O) groups excluding carboxylic acids is 1. The Labute approximate surface area is 56.1 Å². The summed E-state index contributed by atoms with van der Waals surface area (Å²) >= 11 is 0. The van der Waals surface area contributed by atoms with Crippen LogP contribution in [0, 0.1) is 0 Å². The molecule has 0 fully saturated rings. The van der Waals surface area contributed by atoms with E-state index in [4.69, 9.17) is 5.11 Å². The van der Waals surface area contributed by atoms with E-state index in [1.807, 2.05) is 0 Å². The number of hydrogen-bond donors (Lipinski definition) is 1. The predicted molar refractivity (Wildman–Crippen MR) is 30.4 cm³/mol. The third kappa shape index (κ3) is 0.928. The van der Waals surface area contributed by atoms with Gasteiger partial charge in [-0.3, -0.25) is 4.79 Å². The Hall–Kier alpha value is -1.52. The second-order valence-electron chi connectivity index (χ2n) is 1.72. The van der Waals surface area contributed by atoms with Crippen molar-refractivity contribution in [2.24, 2.45) is 10.2 Å². The van der Waals surface area contributed by atoms with E-state index in [0.29, 0.717) is 6.29 Å². The highest BCUT2D eigenvalue weighted by atomic mass is 16.4. The van der Waals surface area contributed by atoms with Gasteiger partial charge in [-0.2, -0.15) is 10.2 Å². The standard InChI is InChI=1S/C5H4N2O3/c8-2-3-1-6-7-4(3)5(9)10/h1-2,4H,(H,9,10)/t4-/m1/s1. The van der Waals surface area contributed by atoms with Gasteiger partial charge in [-0.05, 0) is 0 Å². The Morgan fingerprint density at radius 3 is 2.90 bits per heavy atom. The van der Waals surface area contributed by atoms with Gasteiger partial charge in [0.15, 0.2) is 6.04 Å². The molecule has 1 N–H and O–H groups in total. The van der Waals surface area contributed by atoms with Gasteiger partial charge < -0.3 is 5.11 Å². The topological polar surface area (TPSA) is 79.1 Å². The molecule has 1 heterocycles. The van der Waals surface area contributed by atoms with Crippen molar-refractivity contribution in [2.75, 3.05) is 0 Å². The van der Waals surface area contributed by atoms with Crippen LogP contribution < -0.4 is 0 Å². The van der Waals surface area contributed by atoms with Gasteiger partial charge >= 0.3 is 5.97 Å². The number of carboxylic acids is 1. The molecule has 5 heteroatoms. The minimum absolute atomic E-state index is 0.0903. The second-order valence-corrected chi connectivity index (χ2v) is 1.72. The van der Waals surface area contributed by atoms with Crippen LogP contribution in [0.3, 0.4) is 0 Å². The zero-order valence-electron chi connectivity index (χ0n) is 4.89. The first-order valence-electron chi connectivity index (χ1n) is 2.53. The Kier molecular flexibility index (Phi) is 1.57. The van der Waals surface area contributed by atoms with Crippen LogP contribution in [0.5, 0.6) is 0 Å². The molecule has 0 aromatic carbocycles. The molecule has 1 atom stereocenters. The first-order valence-corrected chi connectivity index (χ1v) is 2.53. The Bertz CT molecular complexity index is 231. The minimum Gasteiger partial charge on any atom is -0.479 e. The van der Waals surface area contributed by atoms with Gasteiger partial charge in [0, 0.05) is 5.57 Å². The molecule has 1 aliphatic heterocycles. The first kappa shape index (κ1) is 6.60. The quantitative estimate of drug-likeness (QED) is 0.547. The average molecular weight is 140 g/mol. The molecule has 0 spiro atoms. The maximum absolute atomic E-state index is 10.2. The molecule has 1 aliphatic rings. The van der Waals surface area contributed by atoms with Crippen molar-refractivity contribution in [3.05, 3.63) is 11.8 Å². The smallest absolute Gasteiger partial charge is 0.335 e. The van der Waals surface area contributed by atoms with Crippen LogP contribution in [-0.2, 0) is 9.59 Å². The van der Waals surface area contributed by atoms with E-state index in [0.717, 1.165) is 6.20 Å². The van der Waals surface area contributed by atoms with Crippen molar-refractivity contribution in [1.82, 2.24) is 0 Å². The van der Waals surface area contributed by atoms with Gasteiger partial charge in [-0.1, -0.05) is 0 Å². The van der Waals surface area contributed by atoms with E-state index in [2.05, 4.69) is 10.2 Å². The van der Waals surface area contributed by atoms with Crippen molar-refractivity contribution < 1.29 is 14.7 Å². The monoisotopic (exact) mass is 140 g/mol. The third-order valence-corrected chi connectivity index (χ3v) is 1.07. The Morgan fingerprint density at radius 2 is 2.50 bits per heavy atom. The summed E-state index contributed by atoms with van der Waals surface area (Å²) < 4.78 is 0. The van der Waals surface area contributed by atoms with Crippen LogP contribution in [0.4, 0.5) is 0 Å². The van der Waals surface area contributed by atoms with Gasteiger partial charge in [-0.25, -0.2) is 4.79 Å². The lowest BCUT2D eigenvalue weighted by Crippen LogP contribution is -2.18. The number of rotatable bonds is 2. The lowest BCUT2D eigenvalue weighted by Gasteiger charge is -1.96. The van der Waals surface area contributed by atoms with Gasteiger partial charge in [-0.15, -0.1) is 0 Å². The van der Waals surface area contributed by atoms with Crippen LogP contribution in [0.2, 0.25) is 0 Å². The molecule has 0 aromatic heterocycles. The molecule has 0 saturated heterocycles. The molecule has 1 rings (SSSR count). The molecule has 0 aliphatic carbocycles. The Morgan fingerprint density at radius 1 is 1.80 bits per heavy atom. The summed E-state index contributed by atoms with van der Waals surface area (Å²) in [6, 6.07) is -1.09. The van der Waals surface area contributed by atoms with Crippen LogP contribution >= 0.6 is 0 Å². The summed E-state index contributed by atoms with van der Waals surface area (Å²) in [7, 11) is 0. The maximum atomic E-state index is 10.2. The summed E-state index contributed by atoms with van der Waals surface area (Å²) in [6.45, 7) is 0. The molecular formula is C5H4N2O3. The van der Waals surface area contributed by atoms with Crippen LogP contribution in [-0.4, -0.2) is 23.4 Å². The van der Waals surface area contributed by atoms with Gasteiger partial charge in [0.05, 0.1) is 6.20 Å². The molecule has 0 radical (unpaired) electrons. The number of aliphatic carboxylic acids is 1. The van der Waals surface area contributed by atoms with Crippen molar-refractivity contribution in [3.63, 3.8) is 0 Å². The molecular weight excluding hydrogens is 136 g/mol. The van der Waals surface area contributed by atoms with E-state index in [9.17, 15) is 9.59 Å². The van der Waals surface area contributed by atoms with Crippen molar-refractivity contribution in [3.8, 4) is 0 Å². The average Bonchev–Trinajstić information content (AvgIpc) is 2.33. The maximum Gasteiger partial charge on any atom is 0.335 e. The fourth-order valence-electron chi connectivity index (χ4n) is 0.591. The summed E-state index contributed by atoms with van der Waals surface area (Å²) in [5, 5.41) is 14.9. The highest BCUT2D eigenvalue weighted by Gasteiger charge is 2.24. The minimum atomic E-state index is -1.15. The molecule has 0 bridgehead atoms. The molecule has 10 heavy (non-hydrogen) atoms. The predicted octanol–water partition coefficient (Wildman–Crippen LogP) is -0.0118. The number of nitrogens with zero attached hydrogens (tertiary/aromatic N) is 2. The van der Waals surface area contributed by atoms with Crippen LogP contribution in [0.15, 0.2) is 22.0 Å². The fourth-order valence-corrected chi connectivity index (χ4v) is 0.591. The largest absolute Gasteiger partial charge is 0.479 e. The molecule has 0 saturated carbocycles. The summed E-state index contributed by atoms with van der Waals surface area (Å²) in [5.74, 6) is -1.15. The van der Waals surface area contributed by atoms with Crippen molar-refractivity contribution >= 4 is 12.3 Å². The van der Waals surface area contributed by atoms with E-state index < -0.39 is 12.0 Å². The molecule has 5 nitrogen and oxygen atoms in total.